The minimum absolute atomic E-state index is 0.332. The summed E-state index contributed by atoms with van der Waals surface area (Å²) in [5.41, 5.74) is 3.85. The van der Waals surface area contributed by atoms with Gasteiger partial charge in [-0.25, -0.2) is 4.79 Å². The zero-order valence-electron chi connectivity index (χ0n) is 15.0. The second-order valence-corrected chi connectivity index (χ2v) is 5.93. The number of benzene rings is 1. The number of allylic oxidation sites excluding steroid dienone is 1. The number of furan rings is 1. The predicted octanol–water partition coefficient (Wildman–Crippen LogP) is 5.70. The molecule has 1 aromatic heterocycles. The lowest BCUT2D eigenvalue weighted by Gasteiger charge is -2.06. The standard InChI is InChI=1S/C21H26O3/c1-5-7-8-9-18(17-12-10-15(3)11-13-17)20-14-19(16(4)24-20)21(22)23-6-2/h9-14H,5-8H2,1-4H3/b18-9+. The summed E-state index contributed by atoms with van der Waals surface area (Å²) in [5.74, 6) is 0.981. The molecule has 0 amide bonds. The minimum Gasteiger partial charge on any atom is -0.462 e. The van der Waals surface area contributed by atoms with Crippen molar-refractivity contribution in [3.8, 4) is 0 Å². The van der Waals surface area contributed by atoms with Crippen LogP contribution in [0.5, 0.6) is 0 Å². The zero-order valence-corrected chi connectivity index (χ0v) is 15.0. The van der Waals surface area contributed by atoms with Crippen LogP contribution in [0.3, 0.4) is 0 Å². The topological polar surface area (TPSA) is 39.4 Å². The molecule has 3 heteroatoms. The van der Waals surface area contributed by atoms with Crippen molar-refractivity contribution < 1.29 is 13.9 Å². The second-order valence-electron chi connectivity index (χ2n) is 5.93. The number of hydrogen-bond acceptors (Lipinski definition) is 3. The summed E-state index contributed by atoms with van der Waals surface area (Å²) in [4.78, 5) is 12.0. The molecular weight excluding hydrogens is 300 g/mol. The fraction of sp³-hybridized carbons (Fsp3) is 0.381. The van der Waals surface area contributed by atoms with Gasteiger partial charge in [0.1, 0.15) is 17.1 Å². The molecule has 0 radical (unpaired) electrons. The van der Waals surface area contributed by atoms with Gasteiger partial charge in [-0.15, -0.1) is 0 Å². The average Bonchev–Trinajstić information content (AvgIpc) is 2.95. The maximum Gasteiger partial charge on any atom is 0.341 e. The largest absolute Gasteiger partial charge is 0.462 e. The van der Waals surface area contributed by atoms with Gasteiger partial charge in [-0.05, 0) is 38.8 Å². The van der Waals surface area contributed by atoms with Crippen molar-refractivity contribution in [3.63, 3.8) is 0 Å². The lowest BCUT2D eigenvalue weighted by atomic mass is 10.00. The van der Waals surface area contributed by atoms with E-state index in [0.29, 0.717) is 17.9 Å². The highest BCUT2D eigenvalue weighted by Crippen LogP contribution is 2.29. The molecule has 0 unspecified atom stereocenters. The summed E-state index contributed by atoms with van der Waals surface area (Å²) in [6.07, 6.45) is 5.44. The van der Waals surface area contributed by atoms with Crippen molar-refractivity contribution in [1.82, 2.24) is 0 Å². The van der Waals surface area contributed by atoms with Crippen LogP contribution >= 0.6 is 0 Å². The molecule has 0 spiro atoms. The molecule has 1 aromatic carbocycles. The smallest absolute Gasteiger partial charge is 0.341 e. The van der Waals surface area contributed by atoms with Gasteiger partial charge in [-0.1, -0.05) is 55.7 Å². The van der Waals surface area contributed by atoms with Gasteiger partial charge in [0.2, 0.25) is 0 Å². The minimum atomic E-state index is -0.332. The third-order valence-corrected chi connectivity index (χ3v) is 3.95. The number of aryl methyl sites for hydroxylation is 2. The molecule has 0 atom stereocenters. The first-order chi connectivity index (χ1) is 11.6. The Morgan fingerprint density at radius 1 is 1.17 bits per heavy atom. The Morgan fingerprint density at radius 3 is 2.50 bits per heavy atom. The van der Waals surface area contributed by atoms with E-state index in [-0.39, 0.29) is 5.97 Å². The van der Waals surface area contributed by atoms with E-state index in [0.717, 1.165) is 36.2 Å². The SMILES string of the molecule is CCCC/C=C(\c1ccc(C)cc1)c1cc(C(=O)OCC)c(C)o1. The van der Waals surface area contributed by atoms with Crippen LogP contribution in [-0.2, 0) is 4.74 Å². The van der Waals surface area contributed by atoms with Crippen molar-refractivity contribution in [2.75, 3.05) is 6.61 Å². The van der Waals surface area contributed by atoms with Crippen molar-refractivity contribution in [2.24, 2.45) is 0 Å². The maximum atomic E-state index is 12.0. The summed E-state index contributed by atoms with van der Waals surface area (Å²) in [5, 5.41) is 0. The first-order valence-electron chi connectivity index (χ1n) is 8.62. The summed E-state index contributed by atoms with van der Waals surface area (Å²) in [6.45, 7) is 8.20. The van der Waals surface area contributed by atoms with Gasteiger partial charge in [0.05, 0.1) is 6.61 Å². The van der Waals surface area contributed by atoms with Crippen LogP contribution < -0.4 is 0 Å². The van der Waals surface area contributed by atoms with E-state index in [2.05, 4.69) is 44.2 Å². The van der Waals surface area contributed by atoms with Crippen molar-refractivity contribution in [2.45, 2.75) is 47.0 Å². The summed E-state index contributed by atoms with van der Waals surface area (Å²) in [7, 11) is 0. The van der Waals surface area contributed by atoms with E-state index >= 15 is 0 Å². The van der Waals surface area contributed by atoms with E-state index in [1.165, 1.54) is 5.56 Å². The monoisotopic (exact) mass is 326 g/mol. The van der Waals surface area contributed by atoms with Gasteiger partial charge in [-0.3, -0.25) is 0 Å². The molecule has 0 aliphatic heterocycles. The lowest BCUT2D eigenvalue weighted by Crippen LogP contribution is -2.04. The third-order valence-electron chi connectivity index (χ3n) is 3.95. The van der Waals surface area contributed by atoms with E-state index < -0.39 is 0 Å². The molecule has 0 saturated heterocycles. The fourth-order valence-electron chi connectivity index (χ4n) is 2.57. The predicted molar refractivity (Wildman–Crippen MR) is 97.2 cm³/mol. The molecule has 0 bridgehead atoms. The highest BCUT2D eigenvalue weighted by atomic mass is 16.5. The van der Waals surface area contributed by atoms with Crippen LogP contribution in [0.2, 0.25) is 0 Å². The Balaban J connectivity index is 2.40. The molecule has 1 heterocycles. The molecule has 3 nitrogen and oxygen atoms in total. The molecule has 0 fully saturated rings. The van der Waals surface area contributed by atoms with Crippen LogP contribution in [0.15, 0.2) is 40.8 Å². The normalized spacial score (nSPS) is 11.6. The quantitative estimate of drug-likeness (QED) is 0.484. The summed E-state index contributed by atoms with van der Waals surface area (Å²) in [6, 6.07) is 10.2. The fourth-order valence-corrected chi connectivity index (χ4v) is 2.57. The van der Waals surface area contributed by atoms with E-state index in [1.54, 1.807) is 19.9 Å². The van der Waals surface area contributed by atoms with Crippen LogP contribution in [0.4, 0.5) is 0 Å². The van der Waals surface area contributed by atoms with Crippen LogP contribution in [0.1, 0.15) is 66.1 Å². The average molecular weight is 326 g/mol. The Kier molecular flexibility index (Phi) is 6.42. The second kappa shape index (κ2) is 8.53. The molecule has 0 aliphatic carbocycles. The van der Waals surface area contributed by atoms with Crippen LogP contribution in [-0.4, -0.2) is 12.6 Å². The van der Waals surface area contributed by atoms with E-state index in [4.69, 9.17) is 9.15 Å². The molecule has 0 aliphatic rings. The molecule has 0 saturated carbocycles. The van der Waals surface area contributed by atoms with E-state index in [1.807, 2.05) is 0 Å². The molecule has 24 heavy (non-hydrogen) atoms. The zero-order chi connectivity index (χ0) is 17.5. The first-order valence-corrected chi connectivity index (χ1v) is 8.62. The van der Waals surface area contributed by atoms with Crippen LogP contribution in [0.25, 0.3) is 5.57 Å². The molecular formula is C21H26O3. The van der Waals surface area contributed by atoms with Gasteiger partial charge in [0.25, 0.3) is 0 Å². The highest BCUT2D eigenvalue weighted by Gasteiger charge is 2.18. The Hall–Kier alpha value is -2.29. The molecule has 2 rings (SSSR count). The van der Waals surface area contributed by atoms with Crippen molar-refractivity contribution >= 4 is 11.5 Å². The van der Waals surface area contributed by atoms with Crippen LogP contribution in [0, 0.1) is 13.8 Å². The Bertz CT molecular complexity index is 705. The summed E-state index contributed by atoms with van der Waals surface area (Å²) >= 11 is 0. The summed E-state index contributed by atoms with van der Waals surface area (Å²) < 4.78 is 11.0. The van der Waals surface area contributed by atoms with Gasteiger partial charge in [-0.2, -0.15) is 0 Å². The molecule has 2 aromatic rings. The number of unbranched alkanes of at least 4 members (excludes halogenated alkanes) is 2. The van der Waals surface area contributed by atoms with Crippen molar-refractivity contribution in [1.29, 1.82) is 0 Å². The Morgan fingerprint density at radius 2 is 1.88 bits per heavy atom. The number of esters is 1. The number of carbonyl (C=O) groups is 1. The third kappa shape index (κ3) is 4.38. The number of ether oxygens (including phenoxy) is 1. The lowest BCUT2D eigenvalue weighted by molar-refractivity contribution is 0.0524. The van der Waals surface area contributed by atoms with Gasteiger partial charge in [0, 0.05) is 5.57 Å². The molecule has 128 valence electrons. The highest BCUT2D eigenvalue weighted by molar-refractivity contribution is 5.92. The Labute approximate surface area is 144 Å². The van der Waals surface area contributed by atoms with Gasteiger partial charge in [0.15, 0.2) is 0 Å². The first kappa shape index (κ1) is 18.1. The number of hydrogen-bond donors (Lipinski definition) is 0. The van der Waals surface area contributed by atoms with Gasteiger partial charge >= 0.3 is 5.97 Å². The van der Waals surface area contributed by atoms with E-state index in [9.17, 15) is 4.79 Å². The molecule has 0 N–H and O–H groups in total. The number of rotatable bonds is 7. The van der Waals surface area contributed by atoms with Gasteiger partial charge < -0.3 is 9.15 Å². The number of carbonyl (C=O) groups excluding carboxylic acids is 1. The van der Waals surface area contributed by atoms with Crippen molar-refractivity contribution in [3.05, 3.63) is 64.6 Å². The maximum absolute atomic E-state index is 12.0.